The molecule has 166 valence electrons. The Kier molecular flexibility index (Phi) is 6.41. The Bertz CT molecular complexity index is 1370. The van der Waals surface area contributed by atoms with Crippen LogP contribution >= 0.6 is 11.3 Å². The summed E-state index contributed by atoms with van der Waals surface area (Å²) >= 11 is 1.53. The van der Waals surface area contributed by atoms with Crippen molar-refractivity contribution in [3.63, 3.8) is 0 Å². The third-order valence-electron chi connectivity index (χ3n) is 5.17. The second kappa shape index (κ2) is 9.40. The fraction of sp³-hybridized carbons (Fsp3) is 0.292. The van der Waals surface area contributed by atoms with Crippen LogP contribution in [0.15, 0.2) is 52.4 Å². The van der Waals surface area contributed by atoms with Crippen LogP contribution in [0.2, 0.25) is 0 Å². The predicted octanol–water partition coefficient (Wildman–Crippen LogP) is 4.22. The molecule has 1 N–H and O–H groups in total. The van der Waals surface area contributed by atoms with Crippen LogP contribution < -0.4 is 20.5 Å². The molecule has 0 spiro atoms. The number of hydrogen-bond donors (Lipinski definition) is 1. The van der Waals surface area contributed by atoms with Crippen molar-refractivity contribution in [3.05, 3.63) is 74.0 Å². The third-order valence-corrected chi connectivity index (χ3v) is 6.41. The lowest BCUT2D eigenvalue weighted by Gasteiger charge is -2.09. The monoisotopic (exact) mass is 451 g/mol. The lowest BCUT2D eigenvalue weighted by molar-refractivity contribution is 0.313. The number of thiophene rings is 1. The first-order valence-corrected chi connectivity index (χ1v) is 11.4. The SMILES string of the molecule is CCCOc1c[nH]c(Cn2cnc3sc(CC)c(-c4cccc(OC)c4)c3c2=O)cc1=O. The zero-order valence-corrected chi connectivity index (χ0v) is 19.1. The van der Waals surface area contributed by atoms with Gasteiger partial charge in [-0.05, 0) is 30.5 Å². The van der Waals surface area contributed by atoms with E-state index in [1.54, 1.807) is 13.3 Å². The van der Waals surface area contributed by atoms with E-state index in [4.69, 9.17) is 9.47 Å². The van der Waals surface area contributed by atoms with E-state index in [-0.39, 0.29) is 23.3 Å². The summed E-state index contributed by atoms with van der Waals surface area (Å²) in [6.45, 7) is 4.74. The van der Waals surface area contributed by atoms with E-state index in [1.165, 1.54) is 28.3 Å². The molecule has 0 saturated heterocycles. The van der Waals surface area contributed by atoms with Crippen LogP contribution in [-0.4, -0.2) is 28.3 Å². The summed E-state index contributed by atoms with van der Waals surface area (Å²) in [6, 6.07) is 9.18. The molecule has 8 heteroatoms. The topological polar surface area (TPSA) is 86.2 Å². The number of aromatic amines is 1. The average molecular weight is 452 g/mol. The molecule has 0 aliphatic carbocycles. The Morgan fingerprint density at radius 2 is 2.03 bits per heavy atom. The minimum Gasteiger partial charge on any atom is -0.497 e. The zero-order chi connectivity index (χ0) is 22.7. The summed E-state index contributed by atoms with van der Waals surface area (Å²) < 4.78 is 12.3. The van der Waals surface area contributed by atoms with Crippen LogP contribution in [0.4, 0.5) is 0 Å². The number of hydrogen-bond acceptors (Lipinski definition) is 6. The second-order valence-electron chi connectivity index (χ2n) is 7.38. The van der Waals surface area contributed by atoms with Gasteiger partial charge >= 0.3 is 0 Å². The van der Waals surface area contributed by atoms with E-state index in [2.05, 4.69) is 16.9 Å². The number of ether oxygens (including phenoxy) is 2. The van der Waals surface area contributed by atoms with E-state index < -0.39 is 0 Å². The predicted molar refractivity (Wildman–Crippen MR) is 127 cm³/mol. The summed E-state index contributed by atoms with van der Waals surface area (Å²) in [4.78, 5) is 35.2. The van der Waals surface area contributed by atoms with Crippen molar-refractivity contribution in [1.82, 2.24) is 14.5 Å². The maximum absolute atomic E-state index is 13.5. The first kappa shape index (κ1) is 21.8. The molecule has 0 amide bonds. The van der Waals surface area contributed by atoms with Crippen LogP contribution in [0.25, 0.3) is 21.3 Å². The lowest BCUT2D eigenvalue weighted by Crippen LogP contribution is -2.22. The summed E-state index contributed by atoms with van der Waals surface area (Å²) in [7, 11) is 1.62. The third kappa shape index (κ3) is 4.18. The highest BCUT2D eigenvalue weighted by Gasteiger charge is 2.19. The van der Waals surface area contributed by atoms with E-state index in [9.17, 15) is 9.59 Å². The molecule has 4 rings (SSSR count). The highest BCUT2D eigenvalue weighted by molar-refractivity contribution is 7.19. The van der Waals surface area contributed by atoms with Gasteiger partial charge in [-0.3, -0.25) is 14.2 Å². The number of aryl methyl sites for hydroxylation is 1. The molecular weight excluding hydrogens is 426 g/mol. The van der Waals surface area contributed by atoms with Crippen molar-refractivity contribution < 1.29 is 9.47 Å². The lowest BCUT2D eigenvalue weighted by atomic mass is 10.0. The number of nitrogens with zero attached hydrogens (tertiary/aromatic N) is 2. The standard InChI is InChI=1S/C24H25N3O4S/c1-4-9-31-19-12-25-16(11-18(19)28)13-27-14-26-23-22(24(27)29)21(20(5-2)32-23)15-7-6-8-17(10-15)30-3/h6-8,10-12,14H,4-5,9,13H2,1-3H3,(H,25,28). The van der Waals surface area contributed by atoms with Crippen LogP contribution in [0.3, 0.4) is 0 Å². The van der Waals surface area contributed by atoms with Crippen molar-refractivity contribution in [3.8, 4) is 22.6 Å². The van der Waals surface area contributed by atoms with Crippen LogP contribution in [0.5, 0.6) is 11.5 Å². The maximum Gasteiger partial charge on any atom is 0.263 e. The van der Waals surface area contributed by atoms with E-state index >= 15 is 0 Å². The fourth-order valence-corrected chi connectivity index (χ4v) is 4.71. The van der Waals surface area contributed by atoms with Crippen molar-refractivity contribution in [1.29, 1.82) is 0 Å². The van der Waals surface area contributed by atoms with Crippen LogP contribution in [-0.2, 0) is 13.0 Å². The molecule has 4 aromatic rings. The summed E-state index contributed by atoms with van der Waals surface area (Å²) in [5.74, 6) is 1.01. The van der Waals surface area contributed by atoms with Crippen LogP contribution in [0, 0.1) is 0 Å². The average Bonchev–Trinajstić information content (AvgIpc) is 3.20. The Labute approximate surface area is 189 Å². The van der Waals surface area contributed by atoms with Gasteiger partial charge in [-0.25, -0.2) is 4.98 Å². The van der Waals surface area contributed by atoms with Gasteiger partial charge in [0.25, 0.3) is 5.56 Å². The minimum absolute atomic E-state index is 0.143. The number of methoxy groups -OCH3 is 1. The smallest absolute Gasteiger partial charge is 0.263 e. The first-order valence-electron chi connectivity index (χ1n) is 10.5. The molecule has 0 fully saturated rings. The molecule has 3 aromatic heterocycles. The van der Waals surface area contributed by atoms with Crippen molar-refractivity contribution >= 4 is 21.6 Å². The highest BCUT2D eigenvalue weighted by atomic mass is 32.1. The van der Waals surface area contributed by atoms with Crippen LogP contribution in [0.1, 0.15) is 30.8 Å². The highest BCUT2D eigenvalue weighted by Crippen LogP contribution is 2.37. The number of benzene rings is 1. The van der Waals surface area contributed by atoms with Gasteiger partial charge in [-0.1, -0.05) is 26.0 Å². The van der Waals surface area contributed by atoms with E-state index in [0.717, 1.165) is 34.6 Å². The molecule has 0 unspecified atom stereocenters. The molecular formula is C24H25N3O4S. The minimum atomic E-state index is -0.213. The number of nitrogens with one attached hydrogen (secondary N) is 1. The van der Waals surface area contributed by atoms with Gasteiger partial charge in [-0.15, -0.1) is 11.3 Å². The van der Waals surface area contributed by atoms with E-state index in [0.29, 0.717) is 22.5 Å². The summed E-state index contributed by atoms with van der Waals surface area (Å²) in [5, 5.41) is 0.591. The quantitative estimate of drug-likeness (QED) is 0.433. The van der Waals surface area contributed by atoms with Gasteiger partial charge in [0.2, 0.25) is 5.43 Å². The molecule has 0 bridgehead atoms. The Hall–Kier alpha value is -3.39. The van der Waals surface area contributed by atoms with Crippen molar-refractivity contribution in [2.45, 2.75) is 33.2 Å². The largest absolute Gasteiger partial charge is 0.497 e. The van der Waals surface area contributed by atoms with Gasteiger partial charge < -0.3 is 14.5 Å². The number of fused-ring (bicyclic) bond motifs is 1. The number of pyridine rings is 1. The fourth-order valence-electron chi connectivity index (χ4n) is 3.62. The Morgan fingerprint density at radius 3 is 2.75 bits per heavy atom. The molecule has 3 heterocycles. The Morgan fingerprint density at radius 1 is 1.19 bits per heavy atom. The van der Waals surface area contributed by atoms with Gasteiger partial charge in [0.15, 0.2) is 5.75 Å². The van der Waals surface area contributed by atoms with Gasteiger partial charge in [0.05, 0.1) is 32.0 Å². The number of rotatable bonds is 8. The zero-order valence-electron chi connectivity index (χ0n) is 18.3. The summed E-state index contributed by atoms with van der Waals surface area (Å²) in [5.41, 5.74) is 2.08. The van der Waals surface area contributed by atoms with Gasteiger partial charge in [0.1, 0.15) is 10.6 Å². The molecule has 32 heavy (non-hydrogen) atoms. The molecule has 7 nitrogen and oxygen atoms in total. The first-order chi connectivity index (χ1) is 15.5. The number of aromatic nitrogens is 3. The maximum atomic E-state index is 13.5. The number of H-pyrrole nitrogens is 1. The molecule has 0 radical (unpaired) electrons. The molecule has 0 saturated carbocycles. The van der Waals surface area contributed by atoms with Crippen molar-refractivity contribution in [2.24, 2.45) is 0 Å². The normalized spacial score (nSPS) is 11.1. The van der Waals surface area contributed by atoms with Crippen molar-refractivity contribution in [2.75, 3.05) is 13.7 Å². The van der Waals surface area contributed by atoms with Gasteiger partial charge in [0, 0.05) is 28.4 Å². The molecule has 0 aliphatic rings. The Balaban J connectivity index is 1.78. The second-order valence-corrected chi connectivity index (χ2v) is 8.46. The van der Waals surface area contributed by atoms with Gasteiger partial charge in [-0.2, -0.15) is 0 Å². The summed E-state index contributed by atoms with van der Waals surface area (Å²) in [6.07, 6.45) is 4.69. The molecule has 0 atom stereocenters. The molecule has 1 aromatic carbocycles. The van der Waals surface area contributed by atoms with E-state index in [1.807, 2.05) is 31.2 Å². The molecule has 0 aliphatic heterocycles.